The summed E-state index contributed by atoms with van der Waals surface area (Å²) >= 11 is 0. The van der Waals surface area contributed by atoms with E-state index in [1.54, 1.807) is 0 Å². The smallest absolute Gasteiger partial charge is 0.237 e. The molecule has 0 aromatic carbocycles. The first-order valence-electron chi connectivity index (χ1n) is 6.91. The van der Waals surface area contributed by atoms with Gasteiger partial charge in [-0.25, -0.2) is 0 Å². The number of rotatable bonds is 3. The van der Waals surface area contributed by atoms with Crippen molar-refractivity contribution in [3.05, 3.63) is 0 Å². The fraction of sp³-hybridized carbons (Fsp3) is 0.929. The van der Waals surface area contributed by atoms with Gasteiger partial charge in [0.25, 0.3) is 0 Å². The lowest BCUT2D eigenvalue weighted by molar-refractivity contribution is -0.125. The van der Waals surface area contributed by atoms with Gasteiger partial charge in [-0.15, -0.1) is 0 Å². The van der Waals surface area contributed by atoms with Gasteiger partial charge >= 0.3 is 0 Å². The molecule has 1 fully saturated rings. The standard InChI is InChI=1S/C14H28N2O2/c1-9-7-12(8-10(2)18-9)15-11(3)13(17)16-14(4,5)6/h9-12,15H,7-8H2,1-6H3,(H,16,17). The second-order valence-electron chi connectivity index (χ2n) is 6.55. The lowest BCUT2D eigenvalue weighted by Crippen LogP contribution is -2.53. The minimum absolute atomic E-state index is 0.0642. The van der Waals surface area contributed by atoms with Gasteiger partial charge in [0.05, 0.1) is 18.2 Å². The van der Waals surface area contributed by atoms with Gasteiger partial charge in [0.1, 0.15) is 0 Å². The van der Waals surface area contributed by atoms with Crippen LogP contribution in [0.2, 0.25) is 0 Å². The molecule has 3 unspecified atom stereocenters. The van der Waals surface area contributed by atoms with Gasteiger partial charge in [-0.05, 0) is 54.4 Å². The van der Waals surface area contributed by atoms with Crippen LogP contribution in [-0.4, -0.2) is 35.7 Å². The Morgan fingerprint density at radius 1 is 1.22 bits per heavy atom. The van der Waals surface area contributed by atoms with E-state index in [4.69, 9.17) is 4.74 Å². The van der Waals surface area contributed by atoms with Crippen molar-refractivity contribution in [3.63, 3.8) is 0 Å². The number of hydrogen-bond acceptors (Lipinski definition) is 3. The molecule has 1 amide bonds. The molecule has 1 saturated heterocycles. The summed E-state index contributed by atoms with van der Waals surface area (Å²) in [5.41, 5.74) is -0.177. The summed E-state index contributed by atoms with van der Waals surface area (Å²) in [6.07, 6.45) is 2.47. The van der Waals surface area contributed by atoms with Gasteiger partial charge in [-0.3, -0.25) is 4.79 Å². The Bertz CT molecular complexity index is 276. The molecule has 3 atom stereocenters. The van der Waals surface area contributed by atoms with Crippen molar-refractivity contribution in [2.45, 2.75) is 84.2 Å². The Morgan fingerprint density at radius 2 is 1.72 bits per heavy atom. The molecule has 0 spiro atoms. The van der Waals surface area contributed by atoms with Crippen LogP contribution in [0, 0.1) is 0 Å². The summed E-state index contributed by atoms with van der Waals surface area (Å²) in [6.45, 7) is 12.1. The van der Waals surface area contributed by atoms with Crippen LogP contribution < -0.4 is 10.6 Å². The summed E-state index contributed by atoms with van der Waals surface area (Å²) < 4.78 is 5.70. The highest BCUT2D eigenvalue weighted by Gasteiger charge is 2.27. The Labute approximate surface area is 111 Å². The summed E-state index contributed by atoms with van der Waals surface area (Å²) in [5, 5.41) is 6.41. The van der Waals surface area contributed by atoms with E-state index in [-0.39, 0.29) is 29.7 Å². The molecule has 0 radical (unpaired) electrons. The lowest BCUT2D eigenvalue weighted by atomic mass is 9.99. The third-order valence-corrected chi connectivity index (χ3v) is 3.07. The van der Waals surface area contributed by atoms with Gasteiger partial charge in [0.2, 0.25) is 5.91 Å². The molecule has 1 aliphatic heterocycles. The summed E-state index contributed by atoms with van der Waals surface area (Å²) in [4.78, 5) is 12.0. The average molecular weight is 256 g/mol. The van der Waals surface area contributed by atoms with E-state index >= 15 is 0 Å². The van der Waals surface area contributed by atoms with Crippen LogP contribution in [0.5, 0.6) is 0 Å². The molecule has 1 rings (SSSR count). The normalized spacial score (nSPS) is 30.9. The van der Waals surface area contributed by atoms with E-state index in [0.717, 1.165) is 12.8 Å². The largest absolute Gasteiger partial charge is 0.375 e. The number of carbonyl (C=O) groups excluding carboxylic acids is 1. The molecule has 106 valence electrons. The van der Waals surface area contributed by atoms with Crippen LogP contribution in [-0.2, 0) is 9.53 Å². The molecule has 1 heterocycles. The molecule has 1 aliphatic rings. The van der Waals surface area contributed by atoms with Crippen molar-refractivity contribution in [1.29, 1.82) is 0 Å². The van der Waals surface area contributed by atoms with Crippen molar-refractivity contribution in [2.75, 3.05) is 0 Å². The quantitative estimate of drug-likeness (QED) is 0.810. The zero-order valence-corrected chi connectivity index (χ0v) is 12.5. The van der Waals surface area contributed by atoms with Gasteiger partial charge in [-0.2, -0.15) is 0 Å². The number of nitrogens with one attached hydrogen (secondary N) is 2. The van der Waals surface area contributed by atoms with Crippen molar-refractivity contribution in [1.82, 2.24) is 10.6 Å². The Balaban J connectivity index is 2.44. The number of amides is 1. The summed E-state index contributed by atoms with van der Waals surface area (Å²) in [6, 6.07) is 0.205. The van der Waals surface area contributed by atoms with E-state index in [1.807, 2.05) is 27.7 Å². The highest BCUT2D eigenvalue weighted by molar-refractivity contribution is 5.81. The molecule has 4 nitrogen and oxygen atoms in total. The van der Waals surface area contributed by atoms with E-state index in [2.05, 4.69) is 24.5 Å². The Kier molecular flexibility index (Phi) is 5.17. The van der Waals surface area contributed by atoms with E-state index in [9.17, 15) is 4.79 Å². The van der Waals surface area contributed by atoms with E-state index < -0.39 is 0 Å². The van der Waals surface area contributed by atoms with Crippen LogP contribution in [0.3, 0.4) is 0 Å². The first-order chi connectivity index (χ1) is 8.17. The predicted molar refractivity (Wildman–Crippen MR) is 73.5 cm³/mol. The molecule has 0 aromatic heterocycles. The van der Waals surface area contributed by atoms with Gasteiger partial charge < -0.3 is 15.4 Å². The van der Waals surface area contributed by atoms with Crippen LogP contribution in [0.4, 0.5) is 0 Å². The van der Waals surface area contributed by atoms with Crippen molar-refractivity contribution in [2.24, 2.45) is 0 Å². The molecule has 0 aliphatic carbocycles. The lowest BCUT2D eigenvalue weighted by Gasteiger charge is -2.34. The topological polar surface area (TPSA) is 50.4 Å². The minimum atomic E-state index is -0.177. The molecule has 2 N–H and O–H groups in total. The third kappa shape index (κ3) is 5.36. The van der Waals surface area contributed by atoms with Crippen LogP contribution >= 0.6 is 0 Å². The van der Waals surface area contributed by atoms with Gasteiger partial charge in [0, 0.05) is 11.6 Å². The predicted octanol–water partition coefficient (Wildman–Crippen LogP) is 1.84. The van der Waals surface area contributed by atoms with Crippen LogP contribution in [0.25, 0.3) is 0 Å². The molecule has 0 saturated carbocycles. The van der Waals surface area contributed by atoms with Crippen LogP contribution in [0.1, 0.15) is 54.4 Å². The van der Waals surface area contributed by atoms with Gasteiger partial charge in [-0.1, -0.05) is 0 Å². The number of ether oxygens (including phenoxy) is 1. The number of carbonyl (C=O) groups is 1. The Hall–Kier alpha value is -0.610. The fourth-order valence-electron chi connectivity index (χ4n) is 2.45. The summed E-state index contributed by atoms with van der Waals surface area (Å²) in [7, 11) is 0. The van der Waals surface area contributed by atoms with E-state index in [1.165, 1.54) is 0 Å². The first-order valence-corrected chi connectivity index (χ1v) is 6.91. The van der Waals surface area contributed by atoms with Crippen LogP contribution in [0.15, 0.2) is 0 Å². The molecule has 0 aromatic rings. The molecular weight excluding hydrogens is 228 g/mol. The van der Waals surface area contributed by atoms with Gasteiger partial charge in [0.15, 0.2) is 0 Å². The first kappa shape index (κ1) is 15.4. The average Bonchev–Trinajstić information content (AvgIpc) is 2.12. The highest BCUT2D eigenvalue weighted by atomic mass is 16.5. The minimum Gasteiger partial charge on any atom is -0.375 e. The molecule has 18 heavy (non-hydrogen) atoms. The summed E-state index contributed by atoms with van der Waals surface area (Å²) in [5.74, 6) is 0.0642. The second kappa shape index (κ2) is 6.02. The highest BCUT2D eigenvalue weighted by Crippen LogP contribution is 2.19. The molecule has 4 heteroatoms. The zero-order chi connectivity index (χ0) is 13.9. The maximum Gasteiger partial charge on any atom is 0.237 e. The second-order valence-corrected chi connectivity index (χ2v) is 6.55. The van der Waals surface area contributed by atoms with Crippen molar-refractivity contribution >= 4 is 5.91 Å². The molecule has 0 bridgehead atoms. The Morgan fingerprint density at radius 3 is 2.17 bits per heavy atom. The monoisotopic (exact) mass is 256 g/mol. The maximum absolute atomic E-state index is 12.0. The van der Waals surface area contributed by atoms with E-state index in [0.29, 0.717) is 6.04 Å². The zero-order valence-electron chi connectivity index (χ0n) is 12.5. The fourth-order valence-corrected chi connectivity index (χ4v) is 2.45. The molecular formula is C14H28N2O2. The van der Waals surface area contributed by atoms with Crippen molar-refractivity contribution in [3.8, 4) is 0 Å². The third-order valence-electron chi connectivity index (χ3n) is 3.07. The SMILES string of the molecule is CC1CC(NC(C)C(=O)NC(C)(C)C)CC(C)O1. The maximum atomic E-state index is 12.0. The van der Waals surface area contributed by atoms with Crippen molar-refractivity contribution < 1.29 is 9.53 Å². The number of hydrogen-bond donors (Lipinski definition) is 2.